The summed E-state index contributed by atoms with van der Waals surface area (Å²) in [7, 11) is 0. The molecule has 0 amide bonds. The fraction of sp³-hybridized carbons (Fsp3) is 0.361. The molecule has 2 fully saturated rings. The normalized spacial score (nSPS) is 33.3. The summed E-state index contributed by atoms with van der Waals surface area (Å²) in [4.78, 5) is 2.82. The molecule has 10 aliphatic carbocycles. The molecular weight excluding hydrogens is 747 g/mol. The van der Waals surface area contributed by atoms with Gasteiger partial charge in [-0.05, 0) is 132 Å². The number of fused-ring (bicyclic) bond motifs is 11. The lowest BCUT2D eigenvalue weighted by Gasteiger charge is -2.45. The molecule has 8 atom stereocenters. The van der Waals surface area contributed by atoms with Crippen LogP contribution in [0.3, 0.4) is 0 Å². The highest BCUT2D eigenvalue weighted by molar-refractivity contribution is 5.91. The topological polar surface area (TPSA) is 3.24 Å². The van der Waals surface area contributed by atoms with Gasteiger partial charge in [-0.1, -0.05) is 172 Å². The summed E-state index contributed by atoms with van der Waals surface area (Å²) >= 11 is 0. The summed E-state index contributed by atoms with van der Waals surface area (Å²) < 4.78 is 0. The third-order valence-corrected chi connectivity index (χ3v) is 17.0. The Hall–Kier alpha value is -5.36. The van der Waals surface area contributed by atoms with Crippen LogP contribution < -0.4 is 0 Å². The van der Waals surface area contributed by atoms with Gasteiger partial charge in [-0.25, -0.2) is 0 Å². The van der Waals surface area contributed by atoms with E-state index in [1.807, 2.05) is 0 Å². The van der Waals surface area contributed by atoms with Crippen molar-refractivity contribution in [2.24, 2.45) is 35.0 Å². The van der Waals surface area contributed by atoms with Crippen molar-refractivity contribution < 1.29 is 0 Å². The van der Waals surface area contributed by atoms with E-state index in [4.69, 9.17) is 6.58 Å². The maximum atomic E-state index is 4.83. The number of hydrogen-bond acceptors (Lipinski definition) is 1. The van der Waals surface area contributed by atoms with Crippen LogP contribution in [0.5, 0.6) is 0 Å². The van der Waals surface area contributed by atoms with Gasteiger partial charge in [0.25, 0.3) is 0 Å². The third kappa shape index (κ3) is 5.53. The summed E-state index contributed by atoms with van der Waals surface area (Å²) in [6.07, 6.45) is 42.4. The second-order valence-corrected chi connectivity index (χ2v) is 20.8. The van der Waals surface area contributed by atoms with Crippen molar-refractivity contribution in [2.45, 2.75) is 103 Å². The van der Waals surface area contributed by atoms with Gasteiger partial charge in [0.05, 0.1) is 5.41 Å². The predicted octanol–water partition coefficient (Wildman–Crippen LogP) is 15.0. The lowest BCUT2D eigenvalue weighted by atomic mass is 9.66. The van der Waals surface area contributed by atoms with Crippen molar-refractivity contribution in [3.8, 4) is 0 Å². The SMILES string of the molecule is C=C1CC(N(C2=CCC3C(=C2)C(C)(C)C2=C3CCC=C2)C2=CC=C(C3C=C4C(=CC3)C3C=CC=C=C3[C@]43C4=C(CC(C)C=C4)c4ccccc43)CC2)CC(C)C1c1ccccc1. The van der Waals surface area contributed by atoms with Gasteiger partial charge in [-0.15, -0.1) is 5.73 Å². The average molecular weight is 808 g/mol. The van der Waals surface area contributed by atoms with Gasteiger partial charge in [-0.2, -0.15) is 0 Å². The summed E-state index contributed by atoms with van der Waals surface area (Å²) in [5.41, 5.74) is 26.4. The Morgan fingerprint density at radius 3 is 2.55 bits per heavy atom. The Kier molecular flexibility index (Phi) is 8.86. The summed E-state index contributed by atoms with van der Waals surface area (Å²) in [5, 5.41) is 0. The molecule has 1 nitrogen and oxygen atoms in total. The zero-order valence-corrected chi connectivity index (χ0v) is 37.3. The summed E-state index contributed by atoms with van der Waals surface area (Å²) in [5.74, 6) is 2.70. The molecule has 310 valence electrons. The van der Waals surface area contributed by atoms with Crippen LogP contribution in [0.4, 0.5) is 0 Å². The molecule has 0 radical (unpaired) electrons. The fourth-order valence-corrected chi connectivity index (χ4v) is 14.4. The first-order valence-corrected chi connectivity index (χ1v) is 24.1. The van der Waals surface area contributed by atoms with Crippen molar-refractivity contribution in [1.29, 1.82) is 0 Å². The Morgan fingerprint density at radius 2 is 1.71 bits per heavy atom. The summed E-state index contributed by atoms with van der Waals surface area (Å²) in [6, 6.07) is 20.9. The van der Waals surface area contributed by atoms with Gasteiger partial charge in [0.2, 0.25) is 0 Å². The van der Waals surface area contributed by atoms with E-state index in [2.05, 4.69) is 172 Å². The van der Waals surface area contributed by atoms with Crippen molar-refractivity contribution in [3.05, 3.63) is 224 Å². The van der Waals surface area contributed by atoms with E-state index < -0.39 is 0 Å². The molecule has 1 spiro atoms. The first kappa shape index (κ1) is 38.3. The molecule has 2 aromatic carbocycles. The van der Waals surface area contributed by atoms with Crippen LogP contribution >= 0.6 is 0 Å². The van der Waals surface area contributed by atoms with Crippen LogP contribution in [0.2, 0.25) is 0 Å². The van der Waals surface area contributed by atoms with Crippen molar-refractivity contribution in [1.82, 2.24) is 4.90 Å². The number of allylic oxidation sites excluding steroid dienone is 22. The highest BCUT2D eigenvalue weighted by Crippen LogP contribution is 2.67. The first-order valence-electron chi connectivity index (χ1n) is 24.1. The van der Waals surface area contributed by atoms with Crippen LogP contribution in [-0.4, -0.2) is 10.9 Å². The predicted molar refractivity (Wildman–Crippen MR) is 258 cm³/mol. The lowest BCUT2D eigenvalue weighted by molar-refractivity contribution is 0.219. The third-order valence-electron chi connectivity index (χ3n) is 17.0. The summed E-state index contributed by atoms with van der Waals surface area (Å²) in [6.45, 7) is 14.6. The van der Waals surface area contributed by atoms with Crippen LogP contribution in [0.1, 0.15) is 108 Å². The quantitative estimate of drug-likeness (QED) is 0.215. The Labute approximate surface area is 370 Å². The van der Waals surface area contributed by atoms with Gasteiger partial charge in [0.1, 0.15) is 0 Å². The minimum absolute atomic E-state index is 0.0673. The van der Waals surface area contributed by atoms with E-state index in [-0.39, 0.29) is 16.7 Å². The van der Waals surface area contributed by atoms with Crippen LogP contribution in [0.25, 0.3) is 5.57 Å². The van der Waals surface area contributed by atoms with Gasteiger partial charge in [-0.3, -0.25) is 0 Å². The molecule has 1 heteroatoms. The molecule has 62 heavy (non-hydrogen) atoms. The monoisotopic (exact) mass is 807 g/mol. The fourth-order valence-electron chi connectivity index (χ4n) is 14.4. The molecule has 12 rings (SSSR count). The van der Waals surface area contributed by atoms with Crippen LogP contribution in [0, 0.1) is 35.0 Å². The molecule has 2 aromatic rings. The molecule has 7 unspecified atom stereocenters. The van der Waals surface area contributed by atoms with E-state index in [9.17, 15) is 0 Å². The zero-order chi connectivity index (χ0) is 41.9. The number of hydrogen-bond donors (Lipinski definition) is 0. The second kappa shape index (κ2) is 14.3. The molecule has 0 saturated heterocycles. The van der Waals surface area contributed by atoms with Crippen LogP contribution in [0.15, 0.2) is 207 Å². The average Bonchev–Trinajstić information content (AvgIpc) is 3.84. The molecule has 10 aliphatic rings. The van der Waals surface area contributed by atoms with E-state index in [1.54, 1.807) is 27.9 Å². The lowest BCUT2D eigenvalue weighted by Crippen LogP contribution is -2.40. The van der Waals surface area contributed by atoms with Gasteiger partial charge in [0.15, 0.2) is 0 Å². The van der Waals surface area contributed by atoms with E-state index in [0.717, 1.165) is 44.9 Å². The molecular formula is C61H61N. The minimum atomic E-state index is -0.263. The molecule has 0 aromatic heterocycles. The molecule has 0 bridgehead atoms. The van der Waals surface area contributed by atoms with Crippen LogP contribution in [-0.2, 0) is 5.41 Å². The second-order valence-electron chi connectivity index (χ2n) is 20.8. The maximum absolute atomic E-state index is 4.83. The molecule has 2 saturated carbocycles. The molecule has 0 aliphatic heterocycles. The Balaban J connectivity index is 0.921. The molecule has 0 N–H and O–H groups in total. The van der Waals surface area contributed by atoms with E-state index in [0.29, 0.717) is 35.6 Å². The number of rotatable bonds is 5. The maximum Gasteiger partial charge on any atom is 0.0753 e. The van der Waals surface area contributed by atoms with Crippen molar-refractivity contribution >= 4 is 5.57 Å². The van der Waals surface area contributed by atoms with E-state index in [1.165, 1.54) is 68.8 Å². The van der Waals surface area contributed by atoms with Gasteiger partial charge < -0.3 is 4.90 Å². The smallest absolute Gasteiger partial charge is 0.0753 e. The van der Waals surface area contributed by atoms with Gasteiger partial charge in [0, 0.05) is 52.1 Å². The van der Waals surface area contributed by atoms with Crippen molar-refractivity contribution in [2.75, 3.05) is 0 Å². The standard InChI is InChI=1S/C61H61N/c1-38-23-32-56-52(33-38)49-19-11-14-22-55(49)61(56)54-21-13-10-18-48(54)51-30-26-43(36-58(51)61)41-24-27-44(28-25-41)62(46-34-39(2)59(40(3)35-46)42-15-7-6-8-16-42)45-29-31-50-47-17-9-12-20-53(47)60(4,5)57(50)37-45/h6-8,10-16,18-20,22-24,27,29-30,32,36-38,40,43,46,48,50,59H,2,9,17,25-26,28,31,33-35H2,1,3-5H3/t38?,40?,43?,46?,48?,50?,59?,61-/m0/s1. The van der Waals surface area contributed by atoms with Gasteiger partial charge >= 0.3 is 0 Å². The van der Waals surface area contributed by atoms with E-state index >= 15 is 0 Å². The first-order chi connectivity index (χ1) is 30.2. The highest BCUT2D eigenvalue weighted by Gasteiger charge is 2.58. The Morgan fingerprint density at radius 1 is 0.855 bits per heavy atom. The number of nitrogens with zero attached hydrogens (tertiary/aromatic N) is 1. The zero-order valence-electron chi connectivity index (χ0n) is 37.3. The minimum Gasteiger partial charge on any atom is -0.342 e. The largest absolute Gasteiger partial charge is 0.342 e. The Bertz CT molecular complexity index is 2740. The highest BCUT2D eigenvalue weighted by atomic mass is 15.2. The molecule has 0 heterocycles. The van der Waals surface area contributed by atoms with Crippen molar-refractivity contribution in [3.63, 3.8) is 0 Å². The number of benzene rings is 2.